The summed E-state index contributed by atoms with van der Waals surface area (Å²) in [5.41, 5.74) is 1.99. The van der Waals surface area contributed by atoms with Crippen LogP contribution in [0.1, 0.15) is 11.1 Å². The Labute approximate surface area is 223 Å². The summed E-state index contributed by atoms with van der Waals surface area (Å²) in [5.74, 6) is 0.888. The molecule has 0 radical (unpaired) electrons. The number of ether oxygens (including phenoxy) is 2. The maximum atomic E-state index is 12.8. The minimum absolute atomic E-state index is 0.0238. The molecule has 0 bridgehead atoms. The van der Waals surface area contributed by atoms with Gasteiger partial charge in [-0.15, -0.1) is 0 Å². The summed E-state index contributed by atoms with van der Waals surface area (Å²) in [6.45, 7) is 0.637. The molecule has 0 spiro atoms. The predicted molar refractivity (Wildman–Crippen MR) is 152 cm³/mol. The predicted octanol–water partition coefficient (Wildman–Crippen LogP) is 6.12. The van der Waals surface area contributed by atoms with Crippen molar-refractivity contribution >= 4 is 50.6 Å². The molecule has 4 aromatic carbocycles. The number of carbonyl (C=O) groups excluding carboxylic acids is 1. The number of aliphatic imine (C=N–C) groups is 1. The van der Waals surface area contributed by atoms with Crippen LogP contribution in [0.25, 0.3) is 16.8 Å². The van der Waals surface area contributed by atoms with Crippen LogP contribution in [0, 0.1) is 5.41 Å². The molecule has 1 N–H and O–H groups in total. The molecule has 8 heteroatoms. The third-order valence-electron chi connectivity index (χ3n) is 6.05. The number of nitrogens with zero attached hydrogens (tertiary/aromatic N) is 3. The van der Waals surface area contributed by atoms with E-state index in [2.05, 4.69) is 34.4 Å². The number of hydrazone groups is 1. The van der Waals surface area contributed by atoms with Gasteiger partial charge < -0.3 is 9.47 Å². The Bertz CT molecular complexity index is 1640. The summed E-state index contributed by atoms with van der Waals surface area (Å²) in [5, 5.41) is 17.8. The highest BCUT2D eigenvalue weighted by Crippen LogP contribution is 2.29. The highest BCUT2D eigenvalue weighted by Gasteiger charge is 2.35. The first-order valence-corrected chi connectivity index (χ1v) is 12.8. The van der Waals surface area contributed by atoms with Crippen molar-refractivity contribution in [2.75, 3.05) is 6.61 Å². The maximum absolute atomic E-state index is 12.8. The molecule has 0 aromatic heterocycles. The Morgan fingerprint density at radius 1 is 0.842 bits per heavy atom. The molecular formula is C30H22N4O3S. The first-order valence-electron chi connectivity index (χ1n) is 12.0. The zero-order valence-corrected chi connectivity index (χ0v) is 21.0. The van der Waals surface area contributed by atoms with E-state index >= 15 is 0 Å². The summed E-state index contributed by atoms with van der Waals surface area (Å²) < 4.78 is 11.8. The standard InChI is InChI=1S/C30H22N4O3S/c31-28-26(29(35)32-30-34(28)33-27(38-30)19-37-23-12-2-1-3-13-23)17-20-8-6-14-24(16-20)36-18-22-11-7-10-21-9-4-5-15-25(21)22/h1-17,31H,18-19H2/b26-17-,31-28?. The molecule has 0 saturated heterocycles. The van der Waals surface area contributed by atoms with Crippen LogP contribution in [0.15, 0.2) is 113 Å². The van der Waals surface area contributed by atoms with E-state index in [4.69, 9.17) is 14.9 Å². The van der Waals surface area contributed by atoms with E-state index < -0.39 is 5.91 Å². The molecular weight excluding hydrogens is 496 g/mol. The molecule has 6 rings (SSSR count). The fourth-order valence-electron chi connectivity index (χ4n) is 4.19. The van der Waals surface area contributed by atoms with Gasteiger partial charge in [0.2, 0.25) is 5.17 Å². The lowest BCUT2D eigenvalue weighted by Crippen LogP contribution is -2.35. The van der Waals surface area contributed by atoms with Gasteiger partial charge in [0.1, 0.15) is 29.8 Å². The van der Waals surface area contributed by atoms with Crippen LogP contribution in [0.4, 0.5) is 0 Å². The van der Waals surface area contributed by atoms with Gasteiger partial charge in [-0.2, -0.15) is 15.1 Å². The van der Waals surface area contributed by atoms with Gasteiger partial charge in [0, 0.05) is 0 Å². The van der Waals surface area contributed by atoms with Crippen LogP contribution in [0.3, 0.4) is 0 Å². The van der Waals surface area contributed by atoms with Crippen molar-refractivity contribution in [1.82, 2.24) is 5.01 Å². The largest absolute Gasteiger partial charge is 0.489 e. The van der Waals surface area contributed by atoms with Gasteiger partial charge in [-0.05, 0) is 64.0 Å². The van der Waals surface area contributed by atoms with Crippen LogP contribution in [0.5, 0.6) is 11.5 Å². The molecule has 1 amide bonds. The number of fused-ring (bicyclic) bond motifs is 2. The molecule has 0 saturated carbocycles. The van der Waals surface area contributed by atoms with Crippen molar-refractivity contribution in [2.24, 2.45) is 10.1 Å². The number of nitrogens with one attached hydrogen (secondary N) is 1. The van der Waals surface area contributed by atoms with E-state index in [1.54, 1.807) is 6.08 Å². The van der Waals surface area contributed by atoms with Crippen molar-refractivity contribution in [3.05, 3.63) is 114 Å². The zero-order valence-electron chi connectivity index (χ0n) is 20.2. The number of amidine groups is 2. The molecule has 0 fully saturated rings. The lowest BCUT2D eigenvalue weighted by Gasteiger charge is -2.20. The number of carbonyl (C=O) groups is 1. The zero-order chi connectivity index (χ0) is 25.9. The number of para-hydroxylation sites is 1. The molecule has 38 heavy (non-hydrogen) atoms. The molecule has 0 unspecified atom stereocenters. The Morgan fingerprint density at radius 2 is 1.58 bits per heavy atom. The van der Waals surface area contributed by atoms with Gasteiger partial charge in [-0.1, -0.05) is 72.8 Å². The first-order chi connectivity index (χ1) is 18.6. The highest BCUT2D eigenvalue weighted by atomic mass is 32.2. The molecule has 2 aliphatic heterocycles. The van der Waals surface area contributed by atoms with Gasteiger partial charge >= 0.3 is 0 Å². The molecule has 2 aliphatic rings. The Balaban J connectivity index is 1.17. The number of thioether (sulfide) groups is 1. The third kappa shape index (κ3) is 4.94. The Hall–Kier alpha value is -4.69. The minimum Gasteiger partial charge on any atom is -0.489 e. The van der Waals surface area contributed by atoms with E-state index in [1.165, 1.54) is 22.2 Å². The van der Waals surface area contributed by atoms with Crippen LogP contribution in [0.2, 0.25) is 0 Å². The van der Waals surface area contributed by atoms with Gasteiger partial charge in [-0.25, -0.2) is 0 Å². The lowest BCUT2D eigenvalue weighted by molar-refractivity contribution is -0.114. The van der Waals surface area contributed by atoms with Crippen LogP contribution in [-0.4, -0.2) is 33.6 Å². The summed E-state index contributed by atoms with van der Waals surface area (Å²) in [6, 6.07) is 31.2. The topological polar surface area (TPSA) is 87.3 Å². The summed E-state index contributed by atoms with van der Waals surface area (Å²) >= 11 is 1.23. The second-order valence-corrected chi connectivity index (χ2v) is 9.66. The smallest absolute Gasteiger partial charge is 0.283 e. The third-order valence-corrected chi connectivity index (χ3v) is 6.93. The Morgan fingerprint density at radius 3 is 2.47 bits per heavy atom. The fraction of sp³-hybridized carbons (Fsp3) is 0.0667. The maximum Gasteiger partial charge on any atom is 0.283 e. The fourth-order valence-corrected chi connectivity index (χ4v) is 4.99. The normalized spacial score (nSPS) is 15.9. The van der Waals surface area contributed by atoms with Gasteiger partial charge in [0.25, 0.3) is 5.91 Å². The highest BCUT2D eigenvalue weighted by molar-refractivity contribution is 8.27. The van der Waals surface area contributed by atoms with Crippen LogP contribution in [-0.2, 0) is 11.4 Å². The van der Waals surface area contributed by atoms with Gasteiger partial charge in [0.05, 0.1) is 5.57 Å². The first kappa shape index (κ1) is 23.7. The van der Waals surface area contributed by atoms with Gasteiger partial charge in [0.15, 0.2) is 5.84 Å². The number of hydrogen-bond donors (Lipinski definition) is 1. The van der Waals surface area contributed by atoms with E-state index in [0.29, 0.717) is 22.6 Å². The van der Waals surface area contributed by atoms with Crippen molar-refractivity contribution < 1.29 is 14.3 Å². The number of hydrogen-bond acceptors (Lipinski definition) is 6. The van der Waals surface area contributed by atoms with Gasteiger partial charge in [-0.3, -0.25) is 10.2 Å². The summed E-state index contributed by atoms with van der Waals surface area (Å²) in [7, 11) is 0. The SMILES string of the molecule is N=C1/C(=C/c2cccc(OCc3cccc4ccccc34)c2)C(=O)N=C2SC(COc3ccccc3)=NN12. The van der Waals surface area contributed by atoms with Crippen molar-refractivity contribution in [3.8, 4) is 11.5 Å². The van der Waals surface area contributed by atoms with Crippen LogP contribution >= 0.6 is 11.8 Å². The summed E-state index contributed by atoms with van der Waals surface area (Å²) in [4.78, 5) is 17.0. The monoisotopic (exact) mass is 518 g/mol. The molecule has 2 heterocycles. The van der Waals surface area contributed by atoms with E-state index in [9.17, 15) is 4.79 Å². The average molecular weight is 519 g/mol. The van der Waals surface area contributed by atoms with Crippen molar-refractivity contribution in [3.63, 3.8) is 0 Å². The number of amides is 1. The molecule has 0 aliphatic carbocycles. The van der Waals surface area contributed by atoms with E-state index in [0.717, 1.165) is 22.3 Å². The van der Waals surface area contributed by atoms with Crippen molar-refractivity contribution in [2.45, 2.75) is 6.61 Å². The molecule has 0 atom stereocenters. The second-order valence-electron chi connectivity index (χ2n) is 8.61. The second kappa shape index (κ2) is 10.4. The molecule has 7 nitrogen and oxygen atoms in total. The molecule has 186 valence electrons. The quantitative estimate of drug-likeness (QED) is 0.298. The lowest BCUT2D eigenvalue weighted by atomic mass is 10.1. The Kier molecular flexibility index (Phi) is 6.46. The summed E-state index contributed by atoms with van der Waals surface area (Å²) in [6.07, 6.45) is 1.65. The van der Waals surface area contributed by atoms with Crippen LogP contribution < -0.4 is 9.47 Å². The minimum atomic E-state index is -0.476. The average Bonchev–Trinajstić information content (AvgIpc) is 3.37. The number of benzene rings is 4. The van der Waals surface area contributed by atoms with E-state index in [1.807, 2.05) is 72.8 Å². The number of rotatable bonds is 7. The van der Waals surface area contributed by atoms with E-state index in [-0.39, 0.29) is 18.0 Å². The van der Waals surface area contributed by atoms with Crippen molar-refractivity contribution in [1.29, 1.82) is 5.41 Å². The molecule has 4 aromatic rings.